The smallest absolute Gasteiger partial charge is 0.0904 e. The molecule has 0 aromatic carbocycles. The van der Waals surface area contributed by atoms with Crippen molar-refractivity contribution < 1.29 is 14.9 Å². The van der Waals surface area contributed by atoms with Crippen LogP contribution in [-0.4, -0.2) is 48.7 Å². The predicted octanol–water partition coefficient (Wildman–Crippen LogP) is -0.468. The molecule has 1 saturated heterocycles. The van der Waals surface area contributed by atoms with Crippen molar-refractivity contribution in [3.05, 3.63) is 0 Å². The van der Waals surface area contributed by atoms with Gasteiger partial charge in [-0.1, -0.05) is 0 Å². The van der Waals surface area contributed by atoms with Crippen molar-refractivity contribution in [1.82, 2.24) is 5.32 Å². The van der Waals surface area contributed by atoms with Gasteiger partial charge < -0.3 is 20.3 Å². The summed E-state index contributed by atoms with van der Waals surface area (Å²) in [4.78, 5) is 0. The lowest BCUT2D eigenvalue weighted by atomic mass is 9.94. The zero-order chi connectivity index (χ0) is 8.86. The number of hydrogen-bond donors (Lipinski definition) is 3. The maximum atomic E-state index is 9.85. The molecule has 1 heterocycles. The molecule has 0 atom stereocenters. The van der Waals surface area contributed by atoms with Crippen LogP contribution >= 0.6 is 12.4 Å². The molecule has 0 aromatic heterocycles. The van der Waals surface area contributed by atoms with Crippen molar-refractivity contribution in [2.75, 3.05) is 32.9 Å². The normalized spacial score (nSPS) is 20.8. The Bertz CT molecular complexity index is 129. The highest BCUT2D eigenvalue weighted by molar-refractivity contribution is 5.85. The maximum absolute atomic E-state index is 9.85. The van der Waals surface area contributed by atoms with Crippen LogP contribution in [0.15, 0.2) is 0 Å². The molecule has 0 spiro atoms. The van der Waals surface area contributed by atoms with Crippen LogP contribution in [0.2, 0.25) is 0 Å². The van der Waals surface area contributed by atoms with E-state index in [1.165, 1.54) is 0 Å². The monoisotopic (exact) mass is 211 g/mol. The summed E-state index contributed by atoms with van der Waals surface area (Å²) in [5.41, 5.74) is -0.666. The highest BCUT2D eigenvalue weighted by atomic mass is 35.5. The van der Waals surface area contributed by atoms with Crippen LogP contribution in [0.25, 0.3) is 0 Å². The highest BCUT2D eigenvalue weighted by Gasteiger charge is 2.28. The zero-order valence-corrected chi connectivity index (χ0v) is 8.48. The van der Waals surface area contributed by atoms with Crippen molar-refractivity contribution in [2.24, 2.45) is 0 Å². The molecule has 0 bridgehead atoms. The molecule has 0 unspecified atom stereocenters. The van der Waals surface area contributed by atoms with Gasteiger partial charge in [-0.15, -0.1) is 12.4 Å². The van der Waals surface area contributed by atoms with Gasteiger partial charge in [-0.05, 0) is 25.9 Å². The third kappa shape index (κ3) is 4.78. The van der Waals surface area contributed by atoms with Gasteiger partial charge in [0.15, 0.2) is 0 Å². The Balaban J connectivity index is 0.00000144. The van der Waals surface area contributed by atoms with E-state index < -0.39 is 5.60 Å². The van der Waals surface area contributed by atoms with Crippen molar-refractivity contribution in [2.45, 2.75) is 18.4 Å². The molecule has 3 N–H and O–H groups in total. The summed E-state index contributed by atoms with van der Waals surface area (Å²) in [5.74, 6) is 0. The molecule has 1 rings (SSSR count). The Labute approximate surface area is 84.7 Å². The van der Waals surface area contributed by atoms with Crippen LogP contribution in [-0.2, 0) is 4.74 Å². The number of aliphatic hydroxyl groups excluding tert-OH is 1. The van der Waals surface area contributed by atoms with E-state index in [4.69, 9.17) is 9.84 Å². The average Bonchev–Trinajstić information content (AvgIpc) is 2.06. The number of aliphatic hydroxyl groups is 2. The van der Waals surface area contributed by atoms with Crippen molar-refractivity contribution in [1.29, 1.82) is 0 Å². The number of halogens is 1. The molecule has 5 heteroatoms. The van der Waals surface area contributed by atoms with E-state index >= 15 is 0 Å². The molecule has 13 heavy (non-hydrogen) atoms. The van der Waals surface area contributed by atoms with Crippen LogP contribution < -0.4 is 5.32 Å². The lowest BCUT2D eigenvalue weighted by molar-refractivity contribution is -0.0689. The lowest BCUT2D eigenvalue weighted by Crippen LogP contribution is -2.45. The van der Waals surface area contributed by atoms with Gasteiger partial charge in [0.25, 0.3) is 0 Å². The molecule has 0 aliphatic carbocycles. The number of piperidine rings is 1. The molecule has 1 aliphatic heterocycles. The minimum Gasteiger partial charge on any atom is -0.394 e. The van der Waals surface area contributed by atoms with Crippen molar-refractivity contribution >= 4 is 12.4 Å². The molecular weight excluding hydrogens is 194 g/mol. The maximum Gasteiger partial charge on any atom is 0.0904 e. The standard InChI is InChI=1S/C8H17NO3.ClH/c10-5-6-12-7-8(11)1-3-9-4-2-8;/h9-11H,1-7H2;1H. The summed E-state index contributed by atoms with van der Waals surface area (Å²) in [6, 6.07) is 0. The quantitative estimate of drug-likeness (QED) is 0.551. The van der Waals surface area contributed by atoms with Crippen LogP contribution in [0, 0.1) is 0 Å². The van der Waals surface area contributed by atoms with Gasteiger partial charge in [0.1, 0.15) is 0 Å². The van der Waals surface area contributed by atoms with Gasteiger partial charge >= 0.3 is 0 Å². The third-order valence-electron chi connectivity index (χ3n) is 2.14. The second kappa shape index (κ2) is 6.56. The van der Waals surface area contributed by atoms with Crippen LogP contribution in [0.5, 0.6) is 0 Å². The summed E-state index contributed by atoms with van der Waals surface area (Å²) in [7, 11) is 0. The fourth-order valence-electron chi connectivity index (χ4n) is 1.36. The first-order valence-corrected chi connectivity index (χ1v) is 4.38. The Morgan fingerprint density at radius 1 is 1.31 bits per heavy atom. The second-order valence-corrected chi connectivity index (χ2v) is 3.25. The van der Waals surface area contributed by atoms with Gasteiger partial charge in [-0.3, -0.25) is 0 Å². The molecule has 0 saturated carbocycles. The fraction of sp³-hybridized carbons (Fsp3) is 1.00. The van der Waals surface area contributed by atoms with Gasteiger partial charge in [0.2, 0.25) is 0 Å². The number of rotatable bonds is 4. The predicted molar refractivity (Wildman–Crippen MR) is 52.2 cm³/mol. The summed E-state index contributed by atoms with van der Waals surface area (Å²) < 4.78 is 5.10. The third-order valence-corrected chi connectivity index (χ3v) is 2.14. The Kier molecular flexibility index (Phi) is 6.63. The fourth-order valence-corrected chi connectivity index (χ4v) is 1.36. The average molecular weight is 212 g/mol. The molecular formula is C8H18ClNO3. The summed E-state index contributed by atoms with van der Waals surface area (Å²) in [6.45, 7) is 2.37. The number of ether oxygens (including phenoxy) is 1. The first-order chi connectivity index (χ1) is 5.77. The molecule has 0 aromatic rings. The SMILES string of the molecule is Cl.OCCOCC1(O)CCNCC1. The lowest BCUT2D eigenvalue weighted by Gasteiger charge is -2.32. The molecule has 4 nitrogen and oxygen atoms in total. The molecule has 1 aliphatic rings. The second-order valence-electron chi connectivity index (χ2n) is 3.25. The summed E-state index contributed by atoms with van der Waals surface area (Å²) in [5, 5.41) is 21.5. The van der Waals surface area contributed by atoms with Gasteiger partial charge in [-0.2, -0.15) is 0 Å². The van der Waals surface area contributed by atoms with Crippen molar-refractivity contribution in [3.8, 4) is 0 Å². The van der Waals surface area contributed by atoms with Crippen LogP contribution in [0.4, 0.5) is 0 Å². The molecule has 1 fully saturated rings. The number of nitrogens with one attached hydrogen (secondary N) is 1. The summed E-state index contributed by atoms with van der Waals surface area (Å²) >= 11 is 0. The van der Waals surface area contributed by atoms with E-state index in [0.717, 1.165) is 25.9 Å². The van der Waals surface area contributed by atoms with Crippen LogP contribution in [0.3, 0.4) is 0 Å². The minimum absolute atomic E-state index is 0. The van der Waals surface area contributed by atoms with E-state index in [2.05, 4.69) is 5.32 Å². The minimum atomic E-state index is -0.666. The van der Waals surface area contributed by atoms with Gasteiger partial charge in [0.05, 0.1) is 25.4 Å². The van der Waals surface area contributed by atoms with Crippen LogP contribution in [0.1, 0.15) is 12.8 Å². The molecule has 80 valence electrons. The Hall–Kier alpha value is 0.130. The Morgan fingerprint density at radius 3 is 2.46 bits per heavy atom. The Morgan fingerprint density at radius 2 is 1.92 bits per heavy atom. The first kappa shape index (κ1) is 13.1. The van der Waals surface area contributed by atoms with Gasteiger partial charge in [-0.25, -0.2) is 0 Å². The van der Waals surface area contributed by atoms with E-state index in [0.29, 0.717) is 13.2 Å². The number of hydrogen-bond acceptors (Lipinski definition) is 4. The summed E-state index contributed by atoms with van der Waals surface area (Å²) in [6.07, 6.45) is 1.47. The van der Waals surface area contributed by atoms with E-state index in [9.17, 15) is 5.11 Å². The highest BCUT2D eigenvalue weighted by Crippen LogP contribution is 2.17. The first-order valence-electron chi connectivity index (χ1n) is 4.38. The van der Waals surface area contributed by atoms with Crippen molar-refractivity contribution in [3.63, 3.8) is 0 Å². The van der Waals surface area contributed by atoms with E-state index in [1.54, 1.807) is 0 Å². The molecule has 0 radical (unpaired) electrons. The van der Waals surface area contributed by atoms with E-state index in [-0.39, 0.29) is 19.0 Å². The largest absolute Gasteiger partial charge is 0.394 e. The molecule has 0 amide bonds. The van der Waals surface area contributed by atoms with Gasteiger partial charge in [0, 0.05) is 0 Å². The van der Waals surface area contributed by atoms with E-state index in [1.807, 2.05) is 0 Å². The zero-order valence-electron chi connectivity index (χ0n) is 7.66. The topological polar surface area (TPSA) is 61.7 Å².